The van der Waals surface area contributed by atoms with E-state index in [0.29, 0.717) is 106 Å². The lowest BCUT2D eigenvalue weighted by molar-refractivity contribution is 0.0319. The minimum atomic E-state index is 0.467. The minimum absolute atomic E-state index is 0.467. The van der Waals surface area contributed by atoms with Crippen molar-refractivity contribution in [2.75, 3.05) is 132 Å². The van der Waals surface area contributed by atoms with Gasteiger partial charge in [0.05, 0.1) is 79.3 Å². The third-order valence-corrected chi connectivity index (χ3v) is 9.95. The first-order chi connectivity index (χ1) is 27.7. The van der Waals surface area contributed by atoms with Crippen LogP contribution < -0.4 is 18.9 Å². The molecule has 0 unspecified atom stereocenters. The number of hydrogen-bond acceptors (Lipinski definition) is 14. The molecule has 0 bridgehead atoms. The van der Waals surface area contributed by atoms with Gasteiger partial charge in [-0.25, -0.2) is 0 Å². The van der Waals surface area contributed by atoms with E-state index < -0.39 is 0 Å². The molecule has 0 saturated heterocycles. The molecule has 0 fully saturated rings. The largest absolute Gasteiger partial charge is 0.486 e. The zero-order valence-corrected chi connectivity index (χ0v) is 36.7. The smallest absolute Gasteiger partial charge is 0.175 e. The van der Waals surface area contributed by atoms with Crippen LogP contribution >= 0.6 is 22.7 Å². The molecule has 0 N–H and O–H groups in total. The van der Waals surface area contributed by atoms with E-state index in [4.69, 9.17) is 56.8 Å². The Hall–Kier alpha value is -1.72. The van der Waals surface area contributed by atoms with Crippen molar-refractivity contribution in [2.24, 2.45) is 0 Å². The molecule has 0 aliphatic heterocycles. The second-order valence-electron chi connectivity index (χ2n) is 13.1. The van der Waals surface area contributed by atoms with Crippen molar-refractivity contribution in [1.82, 2.24) is 0 Å². The normalized spacial score (nSPS) is 11.4. The van der Waals surface area contributed by atoms with Crippen LogP contribution in [0.3, 0.4) is 0 Å². The van der Waals surface area contributed by atoms with E-state index in [9.17, 15) is 0 Å². The Bertz CT molecular complexity index is 1130. The monoisotopic (exact) mass is 834 g/mol. The van der Waals surface area contributed by atoms with Crippen molar-refractivity contribution in [2.45, 2.75) is 91.9 Å². The summed E-state index contributed by atoms with van der Waals surface area (Å²) in [6, 6.07) is 0. The van der Waals surface area contributed by atoms with E-state index in [1.54, 1.807) is 22.7 Å². The average Bonchev–Trinajstić information content (AvgIpc) is 3.76. The maximum atomic E-state index is 6.03. The highest BCUT2D eigenvalue weighted by atomic mass is 32.1. The van der Waals surface area contributed by atoms with Crippen LogP contribution in [0.5, 0.6) is 23.0 Å². The van der Waals surface area contributed by atoms with Gasteiger partial charge in [0.2, 0.25) is 0 Å². The molecule has 0 amide bonds. The Morgan fingerprint density at radius 1 is 0.339 bits per heavy atom. The summed E-state index contributed by atoms with van der Waals surface area (Å²) < 4.78 is 68.7. The maximum absolute atomic E-state index is 6.03. The molecule has 14 heteroatoms. The molecule has 0 aliphatic rings. The number of hydrogen-bond donors (Lipinski definition) is 0. The summed E-state index contributed by atoms with van der Waals surface area (Å²) in [5, 5.41) is 3.88. The van der Waals surface area contributed by atoms with Gasteiger partial charge in [-0.15, -0.1) is 22.7 Å². The van der Waals surface area contributed by atoms with Crippen LogP contribution in [0.4, 0.5) is 0 Å². The fourth-order valence-corrected chi connectivity index (χ4v) is 6.81. The van der Waals surface area contributed by atoms with Crippen molar-refractivity contribution < 1.29 is 56.8 Å². The summed E-state index contributed by atoms with van der Waals surface area (Å²) in [4.78, 5) is 2.21. The molecule has 326 valence electrons. The lowest BCUT2D eigenvalue weighted by atomic mass is 10.1. The zero-order chi connectivity index (χ0) is 40.0. The van der Waals surface area contributed by atoms with Crippen LogP contribution in [-0.4, -0.2) is 132 Å². The highest BCUT2D eigenvalue weighted by Gasteiger charge is 2.16. The van der Waals surface area contributed by atoms with Crippen LogP contribution in [0.15, 0.2) is 10.8 Å². The van der Waals surface area contributed by atoms with Gasteiger partial charge >= 0.3 is 0 Å². The zero-order valence-electron chi connectivity index (χ0n) is 35.1. The molecule has 2 heterocycles. The van der Waals surface area contributed by atoms with Crippen molar-refractivity contribution in [3.05, 3.63) is 20.5 Å². The summed E-state index contributed by atoms with van der Waals surface area (Å²) in [5.41, 5.74) is 0. The van der Waals surface area contributed by atoms with Gasteiger partial charge in [-0.2, -0.15) is 0 Å². The van der Waals surface area contributed by atoms with E-state index in [1.807, 2.05) is 10.8 Å². The van der Waals surface area contributed by atoms with E-state index in [-0.39, 0.29) is 0 Å². The maximum Gasteiger partial charge on any atom is 0.175 e. The number of rotatable bonds is 43. The molecular weight excluding hydrogens is 761 g/mol. The molecule has 0 aliphatic carbocycles. The quantitative estimate of drug-likeness (QED) is 0.0596. The van der Waals surface area contributed by atoms with E-state index in [0.717, 1.165) is 97.7 Å². The Balaban J connectivity index is 1.29. The molecule has 12 nitrogen and oxygen atoms in total. The van der Waals surface area contributed by atoms with Crippen LogP contribution in [0, 0.1) is 13.8 Å². The molecule has 2 aromatic heterocycles. The number of ether oxygens (including phenoxy) is 12. The van der Waals surface area contributed by atoms with Gasteiger partial charge in [0.25, 0.3) is 0 Å². The molecule has 2 aromatic rings. The number of unbranched alkanes of at least 4 members (excludes halogenated alkanes) is 7. The third kappa shape index (κ3) is 27.1. The van der Waals surface area contributed by atoms with Crippen LogP contribution in [0.2, 0.25) is 0 Å². The fraction of sp³-hybridized carbons (Fsp3) is 0.810. The Morgan fingerprint density at radius 3 is 0.982 bits per heavy atom. The van der Waals surface area contributed by atoms with Crippen molar-refractivity contribution >= 4 is 22.7 Å². The van der Waals surface area contributed by atoms with Crippen molar-refractivity contribution in [1.29, 1.82) is 0 Å². The molecule has 0 saturated carbocycles. The lowest BCUT2D eigenvalue weighted by Gasteiger charge is -2.12. The summed E-state index contributed by atoms with van der Waals surface area (Å²) in [6.45, 7) is 20.2. The van der Waals surface area contributed by atoms with Crippen molar-refractivity contribution in [3.8, 4) is 23.0 Å². The van der Waals surface area contributed by atoms with E-state index >= 15 is 0 Å². The Kier molecular flexibility index (Phi) is 33.8. The Morgan fingerprint density at radius 2 is 0.625 bits per heavy atom. The minimum Gasteiger partial charge on any atom is -0.486 e. The van der Waals surface area contributed by atoms with Crippen LogP contribution in [0.25, 0.3) is 0 Å². The van der Waals surface area contributed by atoms with Gasteiger partial charge < -0.3 is 56.8 Å². The third-order valence-electron chi connectivity index (χ3n) is 8.26. The first-order valence-electron chi connectivity index (χ1n) is 21.0. The van der Waals surface area contributed by atoms with Gasteiger partial charge in [-0.05, 0) is 39.5 Å². The fourth-order valence-electron chi connectivity index (χ4n) is 5.18. The summed E-state index contributed by atoms with van der Waals surface area (Å²) in [5.74, 6) is 3.10. The van der Waals surface area contributed by atoms with Crippen LogP contribution in [0.1, 0.15) is 87.8 Å². The van der Waals surface area contributed by atoms with Gasteiger partial charge in [0.15, 0.2) is 23.0 Å². The molecule has 56 heavy (non-hydrogen) atoms. The van der Waals surface area contributed by atoms with Gasteiger partial charge in [-0.3, -0.25) is 0 Å². The topological polar surface area (TPSA) is 111 Å². The molecular formula is C42H74O12S2. The van der Waals surface area contributed by atoms with Gasteiger partial charge in [0.1, 0.15) is 26.4 Å². The van der Waals surface area contributed by atoms with Gasteiger partial charge in [0, 0.05) is 46.9 Å². The number of aryl methyl sites for hydroxylation is 2. The van der Waals surface area contributed by atoms with Crippen LogP contribution in [-0.2, 0) is 37.9 Å². The Labute approximate surface area is 346 Å². The number of thiophene rings is 2. The summed E-state index contributed by atoms with van der Waals surface area (Å²) in [7, 11) is 0. The van der Waals surface area contributed by atoms with E-state index in [1.165, 1.54) is 25.7 Å². The highest BCUT2D eigenvalue weighted by Crippen LogP contribution is 2.41. The highest BCUT2D eigenvalue weighted by molar-refractivity contribution is 7.12. The lowest BCUT2D eigenvalue weighted by Crippen LogP contribution is -2.13. The average molecular weight is 835 g/mol. The summed E-state index contributed by atoms with van der Waals surface area (Å²) in [6.07, 6.45) is 11.4. The SMILES string of the molecule is CCCCOCCOCCOc1cscc1OCCOCCOCCCCCCCCOCCOCCOc1c(C)sc(C)c1OCCOCCOCCCC. The van der Waals surface area contributed by atoms with E-state index in [2.05, 4.69) is 27.7 Å². The van der Waals surface area contributed by atoms with Crippen molar-refractivity contribution in [3.63, 3.8) is 0 Å². The molecule has 0 atom stereocenters. The predicted molar refractivity (Wildman–Crippen MR) is 224 cm³/mol. The van der Waals surface area contributed by atoms with Gasteiger partial charge in [-0.1, -0.05) is 52.4 Å². The summed E-state index contributed by atoms with van der Waals surface area (Å²) >= 11 is 3.23. The molecule has 0 aromatic carbocycles. The first-order valence-corrected chi connectivity index (χ1v) is 22.7. The predicted octanol–water partition coefficient (Wildman–Crippen LogP) is 8.72. The standard InChI is InChI=1S/C42H74O12S2/c1-5-7-15-43-19-23-47-27-31-51-39-35-55-36-40(39)52-32-28-48-25-21-45-17-13-11-9-10-12-14-18-46-22-26-50-30-34-54-42-38(4)56-37(3)41(42)53-33-29-49-24-20-44-16-8-6-2/h35-36H,5-34H2,1-4H3. The molecule has 2 rings (SSSR count). The second kappa shape index (κ2) is 37.5. The molecule has 0 radical (unpaired) electrons. The first kappa shape index (κ1) is 50.4. The second-order valence-corrected chi connectivity index (χ2v) is 15.3. The molecule has 0 spiro atoms.